The highest BCUT2D eigenvalue weighted by Gasteiger charge is 2.17. The monoisotopic (exact) mass is 534 g/mol. The Bertz CT molecular complexity index is 1820. The van der Waals surface area contributed by atoms with E-state index in [1.807, 2.05) is 30.6 Å². The van der Waals surface area contributed by atoms with E-state index in [0.717, 1.165) is 63.7 Å². The summed E-state index contributed by atoms with van der Waals surface area (Å²) in [5.41, 5.74) is 7.59. The van der Waals surface area contributed by atoms with E-state index in [0.29, 0.717) is 16.8 Å². The number of H-pyrrole nitrogens is 2. The highest BCUT2D eigenvalue weighted by atomic mass is 19.1. The largest absolute Gasteiger partial charge is 0.508 e. The number of halogens is 1. The molecular weight excluding hydrogens is 507 g/mol. The lowest BCUT2D eigenvalue weighted by molar-refractivity contribution is 0.352. The summed E-state index contributed by atoms with van der Waals surface area (Å²) in [6, 6.07) is 11.9. The minimum Gasteiger partial charge on any atom is -0.508 e. The van der Waals surface area contributed by atoms with Crippen molar-refractivity contribution in [3.63, 3.8) is 0 Å². The van der Waals surface area contributed by atoms with Gasteiger partial charge in [-0.05, 0) is 67.9 Å². The van der Waals surface area contributed by atoms with Gasteiger partial charge in [-0.2, -0.15) is 5.10 Å². The first kappa shape index (κ1) is 24.2. The Morgan fingerprint density at radius 3 is 2.67 bits per heavy atom. The van der Waals surface area contributed by atoms with Crippen LogP contribution in [0.15, 0.2) is 67.3 Å². The Morgan fingerprint density at radius 1 is 0.925 bits per heavy atom. The number of hydrogen-bond acceptors (Lipinski definition) is 7. The van der Waals surface area contributed by atoms with Crippen LogP contribution in [0.4, 0.5) is 10.1 Å². The van der Waals surface area contributed by atoms with E-state index in [9.17, 15) is 9.50 Å². The van der Waals surface area contributed by atoms with Gasteiger partial charge in [-0.1, -0.05) is 0 Å². The number of aromatic amines is 2. The van der Waals surface area contributed by atoms with E-state index in [-0.39, 0.29) is 5.75 Å². The van der Waals surface area contributed by atoms with Crippen LogP contribution in [0.3, 0.4) is 0 Å². The Kier molecular flexibility index (Phi) is 6.09. The molecule has 6 aromatic rings. The van der Waals surface area contributed by atoms with Gasteiger partial charge in [0.05, 0.1) is 34.3 Å². The zero-order valence-corrected chi connectivity index (χ0v) is 21.7. The summed E-state index contributed by atoms with van der Waals surface area (Å²) < 4.78 is 14.0. The van der Waals surface area contributed by atoms with E-state index in [2.05, 4.69) is 41.4 Å². The van der Waals surface area contributed by atoms with Crippen LogP contribution in [-0.2, 0) is 0 Å². The van der Waals surface area contributed by atoms with Gasteiger partial charge < -0.3 is 20.3 Å². The molecule has 4 N–H and O–H groups in total. The van der Waals surface area contributed by atoms with Crippen molar-refractivity contribution in [2.24, 2.45) is 0 Å². The zero-order chi connectivity index (χ0) is 27.1. The molecule has 1 aromatic carbocycles. The Balaban J connectivity index is 1.21. The van der Waals surface area contributed by atoms with Crippen molar-refractivity contribution in [1.29, 1.82) is 0 Å². The third-order valence-corrected chi connectivity index (χ3v) is 7.39. The fourth-order valence-electron chi connectivity index (χ4n) is 5.43. The number of phenolic OH excluding ortho intramolecular Hbond substituents is 1. The van der Waals surface area contributed by atoms with Crippen LogP contribution in [0.2, 0.25) is 0 Å². The van der Waals surface area contributed by atoms with Crippen molar-refractivity contribution >= 4 is 27.6 Å². The lowest BCUT2D eigenvalue weighted by atomic mass is 10.0. The number of hydrogen-bond donors (Lipinski definition) is 4. The fourth-order valence-corrected chi connectivity index (χ4v) is 5.43. The van der Waals surface area contributed by atoms with Crippen LogP contribution >= 0.6 is 0 Å². The number of nitrogens with one attached hydrogen (secondary N) is 3. The van der Waals surface area contributed by atoms with E-state index in [1.165, 1.54) is 38.1 Å². The van der Waals surface area contributed by atoms with Gasteiger partial charge in [-0.3, -0.25) is 15.1 Å². The molecule has 0 radical (unpaired) electrons. The number of pyridine rings is 3. The van der Waals surface area contributed by atoms with Gasteiger partial charge in [-0.25, -0.2) is 9.37 Å². The molecule has 1 fully saturated rings. The maximum atomic E-state index is 14.0. The summed E-state index contributed by atoms with van der Waals surface area (Å²) in [7, 11) is 0. The third kappa shape index (κ3) is 4.62. The quantitative estimate of drug-likeness (QED) is 0.211. The highest BCUT2D eigenvalue weighted by Crippen LogP contribution is 2.35. The second-order valence-electron chi connectivity index (χ2n) is 10.1. The summed E-state index contributed by atoms with van der Waals surface area (Å²) in [6.45, 7) is 4.25. The molecule has 5 aromatic heterocycles. The summed E-state index contributed by atoms with van der Waals surface area (Å²) in [4.78, 5) is 19.6. The van der Waals surface area contributed by atoms with Gasteiger partial charge in [0.25, 0.3) is 0 Å². The lowest BCUT2D eigenvalue weighted by Gasteiger charge is -2.15. The summed E-state index contributed by atoms with van der Waals surface area (Å²) in [5.74, 6) is -0.656. The molecule has 1 aliphatic heterocycles. The van der Waals surface area contributed by atoms with E-state index in [1.54, 1.807) is 12.4 Å². The average molecular weight is 535 g/mol. The fraction of sp³-hybridized carbons (Fsp3) is 0.200. The molecule has 0 unspecified atom stereocenters. The molecule has 0 bridgehead atoms. The first-order valence-corrected chi connectivity index (χ1v) is 13.3. The Labute approximate surface area is 229 Å². The summed E-state index contributed by atoms with van der Waals surface area (Å²) in [6.07, 6.45) is 9.60. The Morgan fingerprint density at radius 2 is 1.80 bits per heavy atom. The highest BCUT2D eigenvalue weighted by molar-refractivity contribution is 6.00. The first-order valence-electron chi connectivity index (χ1n) is 13.3. The SMILES string of the molecule is Oc1cc(F)cc(-c2cncc3[nH]c(-c4n[nH]c5ccc(-c6cncc(NCCN7CCCC7)c6)nc45)cc23)c1. The molecule has 7 rings (SSSR count). The molecule has 0 atom stereocenters. The standard InChI is InChI=1S/C30H27FN8O/c31-20-9-18(11-22(40)12-20)24-16-33-17-28-23(24)13-27(35-28)30-29-26(37-38-30)4-3-25(36-29)19-10-21(15-32-14-19)34-5-8-39-6-1-2-7-39/h3-4,9-17,34-35,40H,1-2,5-8H2,(H,37,38). The van der Waals surface area contributed by atoms with Gasteiger partial charge in [-0.15, -0.1) is 0 Å². The van der Waals surface area contributed by atoms with E-state index >= 15 is 0 Å². The minimum atomic E-state index is -0.516. The second kappa shape index (κ2) is 10.0. The van der Waals surface area contributed by atoms with Crippen molar-refractivity contribution in [3.05, 3.63) is 73.1 Å². The lowest BCUT2D eigenvalue weighted by Crippen LogP contribution is -2.25. The number of benzene rings is 1. The normalized spacial score (nSPS) is 13.9. The predicted molar refractivity (Wildman–Crippen MR) is 153 cm³/mol. The molecular formula is C30H27FN8O. The number of likely N-dealkylation sites (tertiary alicyclic amines) is 1. The molecule has 10 heteroatoms. The number of aromatic nitrogens is 6. The van der Waals surface area contributed by atoms with Crippen molar-refractivity contribution < 1.29 is 9.50 Å². The number of aromatic hydroxyl groups is 1. The van der Waals surface area contributed by atoms with Crippen molar-refractivity contribution in [2.75, 3.05) is 31.5 Å². The number of phenols is 1. The van der Waals surface area contributed by atoms with Crippen molar-refractivity contribution in [3.8, 4) is 39.5 Å². The number of nitrogens with zero attached hydrogens (tertiary/aromatic N) is 5. The Hall–Kier alpha value is -4.83. The molecule has 9 nitrogen and oxygen atoms in total. The number of fused-ring (bicyclic) bond motifs is 2. The molecule has 6 heterocycles. The molecule has 0 amide bonds. The maximum Gasteiger partial charge on any atom is 0.135 e. The smallest absolute Gasteiger partial charge is 0.135 e. The van der Waals surface area contributed by atoms with Crippen LogP contribution in [0, 0.1) is 5.82 Å². The second-order valence-corrected chi connectivity index (χ2v) is 10.1. The van der Waals surface area contributed by atoms with E-state index < -0.39 is 5.82 Å². The number of anilines is 1. The van der Waals surface area contributed by atoms with Crippen molar-refractivity contribution in [2.45, 2.75) is 12.8 Å². The average Bonchev–Trinajstić information content (AvgIpc) is 3.71. The molecule has 1 aliphatic rings. The van der Waals surface area contributed by atoms with E-state index in [4.69, 9.17) is 4.98 Å². The van der Waals surface area contributed by atoms with Gasteiger partial charge in [0, 0.05) is 54.3 Å². The first-order chi connectivity index (χ1) is 19.6. The van der Waals surface area contributed by atoms with Gasteiger partial charge in [0.2, 0.25) is 0 Å². The van der Waals surface area contributed by atoms with Gasteiger partial charge in [0.15, 0.2) is 0 Å². The van der Waals surface area contributed by atoms with Crippen LogP contribution in [0.1, 0.15) is 12.8 Å². The molecule has 200 valence electrons. The van der Waals surface area contributed by atoms with Crippen LogP contribution in [0.25, 0.3) is 55.7 Å². The van der Waals surface area contributed by atoms with Crippen LogP contribution < -0.4 is 5.32 Å². The topological polar surface area (TPSA) is 119 Å². The van der Waals surface area contributed by atoms with Gasteiger partial charge in [0.1, 0.15) is 22.8 Å². The summed E-state index contributed by atoms with van der Waals surface area (Å²) >= 11 is 0. The van der Waals surface area contributed by atoms with Crippen LogP contribution in [0.5, 0.6) is 5.75 Å². The molecule has 0 aliphatic carbocycles. The third-order valence-electron chi connectivity index (χ3n) is 7.39. The predicted octanol–water partition coefficient (Wildman–Crippen LogP) is 5.58. The molecule has 1 saturated heterocycles. The van der Waals surface area contributed by atoms with Crippen molar-refractivity contribution in [1.82, 2.24) is 35.0 Å². The van der Waals surface area contributed by atoms with Gasteiger partial charge >= 0.3 is 0 Å². The minimum absolute atomic E-state index is 0.141. The molecule has 0 saturated carbocycles. The molecule has 40 heavy (non-hydrogen) atoms. The van der Waals surface area contributed by atoms with Crippen LogP contribution in [-0.4, -0.2) is 66.3 Å². The number of rotatable bonds is 7. The zero-order valence-electron chi connectivity index (χ0n) is 21.7. The molecule has 0 spiro atoms. The summed E-state index contributed by atoms with van der Waals surface area (Å²) in [5, 5.41) is 21.9. The maximum absolute atomic E-state index is 14.0.